The predicted molar refractivity (Wildman–Crippen MR) is 115 cm³/mol. The first-order valence-electron chi connectivity index (χ1n) is 9.29. The van der Waals surface area contributed by atoms with Gasteiger partial charge in [0.2, 0.25) is 23.6 Å². The van der Waals surface area contributed by atoms with E-state index in [4.69, 9.17) is 22.9 Å². The van der Waals surface area contributed by atoms with Crippen molar-refractivity contribution in [2.45, 2.75) is 43.8 Å². The maximum absolute atomic E-state index is 12.6. The largest absolute Gasteiger partial charge is 0.480 e. The Labute approximate surface area is 184 Å². The lowest BCUT2D eigenvalue weighted by Gasteiger charge is -2.23. The molecule has 0 saturated heterocycles. The van der Waals surface area contributed by atoms with Crippen molar-refractivity contribution in [3.63, 3.8) is 0 Å². The minimum absolute atomic E-state index is 0.0140. The van der Waals surface area contributed by atoms with Crippen LogP contribution >= 0.6 is 12.6 Å². The summed E-state index contributed by atoms with van der Waals surface area (Å²) in [6.45, 7) is -0.197. The highest BCUT2D eigenvalue weighted by Crippen LogP contribution is 2.04. The first kappa shape index (κ1) is 27.9. The third-order valence-electron chi connectivity index (χ3n) is 3.89. The van der Waals surface area contributed by atoms with Crippen molar-refractivity contribution in [3.05, 3.63) is 0 Å². The van der Waals surface area contributed by atoms with Crippen LogP contribution in [0.2, 0.25) is 0 Å². The number of hydrogen-bond acceptors (Lipinski definition) is 8. The van der Waals surface area contributed by atoms with Crippen molar-refractivity contribution in [1.29, 1.82) is 0 Å². The van der Waals surface area contributed by atoms with Crippen molar-refractivity contribution < 1.29 is 29.1 Å². The number of primary amides is 1. The molecule has 0 saturated carbocycles. The van der Waals surface area contributed by atoms with E-state index in [0.29, 0.717) is 0 Å². The zero-order chi connectivity index (χ0) is 24.0. The minimum atomic E-state index is -1.30. The van der Waals surface area contributed by atoms with Crippen LogP contribution in [-0.2, 0) is 24.0 Å². The molecule has 12 N–H and O–H groups in total. The number of nitrogens with zero attached hydrogens (tertiary/aromatic N) is 1. The number of nitrogens with one attached hydrogen (secondary N) is 3. The van der Waals surface area contributed by atoms with Crippen molar-refractivity contribution in [1.82, 2.24) is 16.0 Å². The molecule has 0 spiro atoms. The van der Waals surface area contributed by atoms with Crippen molar-refractivity contribution >= 4 is 48.2 Å². The van der Waals surface area contributed by atoms with E-state index in [-0.39, 0.29) is 50.5 Å². The molecule has 0 aliphatic rings. The Kier molecular flexibility index (Phi) is 13.4. The standard InChI is InChI=1S/C16H30N8O6S/c17-6-12(26)22-10(7-31)14(28)23-8(3-4-11(18)25)13(27)24-9(15(29)30)2-1-5-21-16(19)20/h8-10,31H,1-7,17H2,(H2,18,25)(H,22,26)(H,23,28)(H,24,27)(H,29,30)(H4,19,20,21). The number of carbonyl (C=O) groups excluding carboxylic acids is 4. The number of aliphatic carboxylic acids is 1. The molecule has 0 aliphatic carbocycles. The van der Waals surface area contributed by atoms with Crippen molar-refractivity contribution in [3.8, 4) is 0 Å². The summed E-state index contributed by atoms with van der Waals surface area (Å²) in [5, 5.41) is 16.3. The zero-order valence-electron chi connectivity index (χ0n) is 16.9. The van der Waals surface area contributed by atoms with Gasteiger partial charge in [0.05, 0.1) is 6.54 Å². The van der Waals surface area contributed by atoms with Gasteiger partial charge >= 0.3 is 5.97 Å². The van der Waals surface area contributed by atoms with Gasteiger partial charge in [-0.1, -0.05) is 0 Å². The molecular formula is C16H30N8O6S. The van der Waals surface area contributed by atoms with Gasteiger partial charge < -0.3 is 44.0 Å². The Balaban J connectivity index is 5.21. The van der Waals surface area contributed by atoms with Crippen LogP contribution in [0.1, 0.15) is 25.7 Å². The van der Waals surface area contributed by atoms with Gasteiger partial charge in [-0.15, -0.1) is 0 Å². The van der Waals surface area contributed by atoms with Crippen molar-refractivity contribution in [2.24, 2.45) is 27.9 Å². The Bertz CT molecular complexity index is 685. The number of hydrogen-bond donors (Lipinski definition) is 9. The van der Waals surface area contributed by atoms with Gasteiger partial charge in [0.1, 0.15) is 18.1 Å². The third-order valence-corrected chi connectivity index (χ3v) is 4.26. The van der Waals surface area contributed by atoms with Crippen LogP contribution in [0.15, 0.2) is 4.99 Å². The summed E-state index contributed by atoms with van der Waals surface area (Å²) >= 11 is 3.97. The lowest BCUT2D eigenvalue weighted by molar-refractivity contribution is -0.142. The molecule has 0 heterocycles. The lowest BCUT2D eigenvalue weighted by Crippen LogP contribution is -2.56. The number of amides is 4. The summed E-state index contributed by atoms with van der Waals surface area (Å²) in [6, 6.07) is -3.66. The van der Waals surface area contributed by atoms with Crippen LogP contribution < -0.4 is 38.9 Å². The van der Waals surface area contributed by atoms with Gasteiger partial charge in [0.25, 0.3) is 0 Å². The summed E-state index contributed by atoms with van der Waals surface area (Å²) in [6.07, 6.45) is -0.154. The highest BCUT2D eigenvalue weighted by Gasteiger charge is 2.29. The topological polar surface area (TPSA) is 258 Å². The fourth-order valence-electron chi connectivity index (χ4n) is 2.31. The SMILES string of the molecule is NCC(=O)NC(CS)C(=O)NC(CCC(N)=O)C(=O)NC(CCCN=C(N)N)C(=O)O. The summed E-state index contributed by atoms with van der Waals surface area (Å²) < 4.78 is 0. The molecule has 0 radical (unpaired) electrons. The zero-order valence-corrected chi connectivity index (χ0v) is 17.8. The average Bonchev–Trinajstić information content (AvgIpc) is 2.70. The third kappa shape index (κ3) is 12.3. The fourth-order valence-corrected chi connectivity index (χ4v) is 2.57. The number of thiol groups is 1. The molecule has 0 bridgehead atoms. The van der Waals surface area contributed by atoms with Crippen molar-refractivity contribution in [2.75, 3.05) is 18.8 Å². The fraction of sp³-hybridized carbons (Fsp3) is 0.625. The van der Waals surface area contributed by atoms with Crippen LogP contribution in [0.3, 0.4) is 0 Å². The predicted octanol–water partition coefficient (Wildman–Crippen LogP) is -4.27. The van der Waals surface area contributed by atoms with E-state index < -0.39 is 47.7 Å². The number of guanidine groups is 1. The molecule has 15 heteroatoms. The Morgan fingerprint density at radius 1 is 0.903 bits per heavy atom. The lowest BCUT2D eigenvalue weighted by atomic mass is 10.1. The number of carboxylic acids is 1. The number of carboxylic acid groups (broad SMARTS) is 1. The number of nitrogens with two attached hydrogens (primary N) is 4. The molecule has 4 amide bonds. The monoisotopic (exact) mass is 462 g/mol. The summed E-state index contributed by atoms with van der Waals surface area (Å²) in [7, 11) is 0. The highest BCUT2D eigenvalue weighted by molar-refractivity contribution is 7.80. The molecule has 3 atom stereocenters. The maximum Gasteiger partial charge on any atom is 0.326 e. The number of rotatable bonds is 15. The Morgan fingerprint density at radius 2 is 1.48 bits per heavy atom. The molecule has 3 unspecified atom stereocenters. The first-order valence-corrected chi connectivity index (χ1v) is 9.92. The molecule has 0 rings (SSSR count). The van der Waals surface area contributed by atoms with E-state index in [9.17, 15) is 29.1 Å². The molecule has 31 heavy (non-hydrogen) atoms. The maximum atomic E-state index is 12.6. The number of carbonyl (C=O) groups is 5. The van der Waals surface area contributed by atoms with Gasteiger partial charge in [-0.05, 0) is 19.3 Å². The molecular weight excluding hydrogens is 432 g/mol. The first-order chi connectivity index (χ1) is 14.5. The molecule has 0 aromatic carbocycles. The van der Waals surface area contributed by atoms with Crippen LogP contribution in [0, 0.1) is 0 Å². The van der Waals surface area contributed by atoms with E-state index in [1.165, 1.54) is 0 Å². The second-order valence-corrected chi connectivity index (χ2v) is 6.79. The molecule has 14 nitrogen and oxygen atoms in total. The molecule has 0 aromatic rings. The van der Waals surface area contributed by atoms with Gasteiger partial charge in [-0.25, -0.2) is 4.79 Å². The summed E-state index contributed by atoms with van der Waals surface area (Å²) in [5.41, 5.74) is 20.7. The Morgan fingerprint density at radius 3 is 1.97 bits per heavy atom. The van der Waals surface area contributed by atoms with Crippen LogP contribution in [-0.4, -0.2) is 77.6 Å². The van der Waals surface area contributed by atoms with Crippen LogP contribution in [0.4, 0.5) is 0 Å². The second-order valence-electron chi connectivity index (χ2n) is 6.42. The van der Waals surface area contributed by atoms with Crippen LogP contribution in [0.25, 0.3) is 0 Å². The number of aliphatic imine (C=N–C) groups is 1. The smallest absolute Gasteiger partial charge is 0.326 e. The van der Waals surface area contributed by atoms with E-state index >= 15 is 0 Å². The molecule has 176 valence electrons. The van der Waals surface area contributed by atoms with E-state index in [1.54, 1.807) is 0 Å². The highest BCUT2D eigenvalue weighted by atomic mass is 32.1. The van der Waals surface area contributed by atoms with Gasteiger partial charge in [0, 0.05) is 18.7 Å². The van der Waals surface area contributed by atoms with Gasteiger partial charge in [-0.3, -0.25) is 24.2 Å². The quantitative estimate of drug-likeness (QED) is 0.0493. The minimum Gasteiger partial charge on any atom is -0.480 e. The summed E-state index contributed by atoms with van der Waals surface area (Å²) in [5.74, 6) is -4.48. The van der Waals surface area contributed by atoms with E-state index in [1.807, 2.05) is 0 Å². The molecule has 0 aliphatic heterocycles. The van der Waals surface area contributed by atoms with E-state index in [2.05, 4.69) is 33.6 Å². The van der Waals surface area contributed by atoms with Gasteiger partial charge in [0.15, 0.2) is 5.96 Å². The normalized spacial score (nSPS) is 13.2. The molecule has 0 fully saturated rings. The van der Waals surface area contributed by atoms with E-state index in [0.717, 1.165) is 0 Å². The Hall–Kier alpha value is -3.07. The van der Waals surface area contributed by atoms with Gasteiger partial charge in [-0.2, -0.15) is 12.6 Å². The summed E-state index contributed by atoms with van der Waals surface area (Å²) in [4.78, 5) is 62.7. The average molecular weight is 463 g/mol. The second kappa shape index (κ2) is 14.8. The van der Waals surface area contributed by atoms with Crippen LogP contribution in [0.5, 0.6) is 0 Å². The molecule has 0 aromatic heterocycles.